The van der Waals surface area contributed by atoms with E-state index in [4.69, 9.17) is 5.11 Å². The monoisotopic (exact) mass is 364 g/mol. The average Bonchev–Trinajstić information content (AvgIpc) is 3.28. The topological polar surface area (TPSA) is 90.5 Å². The Kier molecular flexibility index (Phi) is 3.44. The number of hydrogen-bond donors (Lipinski definition) is 2. The van der Waals surface area contributed by atoms with Crippen molar-refractivity contribution in [2.75, 3.05) is 10.8 Å². The number of aromatic carboxylic acids is 1. The first kappa shape index (κ1) is 16.1. The Labute approximate surface area is 144 Å². The quantitative estimate of drug-likeness (QED) is 0.876. The van der Waals surface area contributed by atoms with Crippen molar-refractivity contribution < 1.29 is 22.7 Å². The van der Waals surface area contributed by atoms with Gasteiger partial charge >= 0.3 is 5.97 Å². The van der Waals surface area contributed by atoms with Crippen LogP contribution in [0.1, 0.15) is 41.7 Å². The van der Waals surface area contributed by atoms with E-state index in [-0.39, 0.29) is 23.0 Å². The highest BCUT2D eigenvalue weighted by molar-refractivity contribution is 7.92. The van der Waals surface area contributed by atoms with E-state index >= 15 is 0 Å². The van der Waals surface area contributed by atoms with Gasteiger partial charge in [0.05, 0.1) is 5.69 Å². The van der Waals surface area contributed by atoms with Crippen LogP contribution in [-0.2, 0) is 15.4 Å². The molecule has 1 aliphatic carbocycles. The van der Waals surface area contributed by atoms with Crippen LogP contribution >= 0.6 is 0 Å². The van der Waals surface area contributed by atoms with Gasteiger partial charge in [-0.1, -0.05) is 18.9 Å². The largest absolute Gasteiger partial charge is 0.477 e. The van der Waals surface area contributed by atoms with E-state index < -0.39 is 21.4 Å². The number of fused-ring (bicyclic) bond motifs is 2. The first-order valence-corrected chi connectivity index (χ1v) is 9.53. The number of halogens is 1. The number of carbonyl (C=O) groups is 1. The summed E-state index contributed by atoms with van der Waals surface area (Å²) in [4.78, 5) is 13.3. The van der Waals surface area contributed by atoms with Crippen molar-refractivity contribution in [1.82, 2.24) is 4.98 Å². The van der Waals surface area contributed by atoms with Gasteiger partial charge in [0.25, 0.3) is 10.0 Å². The molecule has 1 saturated carbocycles. The smallest absolute Gasteiger partial charge is 0.352 e. The molecule has 6 nitrogen and oxygen atoms in total. The fourth-order valence-electron chi connectivity index (χ4n) is 4.13. The molecule has 2 aromatic rings. The standard InChI is InChI=1S/C17H17FN2O4S/c18-12-4-3-5-14-15(12)17(6-1-2-7-17)10-20(14)25(23,24)11-8-13(16(21)22)19-9-11/h3-5,8-9,19H,1-2,6-7,10H2,(H,21,22). The molecule has 0 unspecified atom stereocenters. The molecule has 1 aromatic carbocycles. The van der Waals surface area contributed by atoms with Gasteiger partial charge in [-0.3, -0.25) is 4.31 Å². The summed E-state index contributed by atoms with van der Waals surface area (Å²) in [5.41, 5.74) is 0.150. The van der Waals surface area contributed by atoms with Gasteiger partial charge in [-0.05, 0) is 31.0 Å². The van der Waals surface area contributed by atoms with Crippen molar-refractivity contribution in [3.05, 3.63) is 47.5 Å². The minimum atomic E-state index is -3.97. The molecule has 1 aliphatic heterocycles. The molecule has 4 rings (SSSR count). The second kappa shape index (κ2) is 5.32. The average molecular weight is 364 g/mol. The molecule has 1 spiro atoms. The predicted octanol–water partition coefficient (Wildman–Crippen LogP) is 2.87. The summed E-state index contributed by atoms with van der Waals surface area (Å²) in [7, 11) is -3.97. The zero-order valence-electron chi connectivity index (χ0n) is 13.3. The summed E-state index contributed by atoms with van der Waals surface area (Å²) >= 11 is 0. The molecule has 8 heteroatoms. The number of carboxylic acids is 1. The van der Waals surface area contributed by atoms with Gasteiger partial charge in [0.1, 0.15) is 16.4 Å². The normalized spacial score (nSPS) is 18.7. The van der Waals surface area contributed by atoms with E-state index in [0.717, 1.165) is 37.9 Å². The van der Waals surface area contributed by atoms with Crippen molar-refractivity contribution in [2.45, 2.75) is 36.0 Å². The molecule has 0 atom stereocenters. The molecule has 1 fully saturated rings. The molecule has 2 heterocycles. The Morgan fingerprint density at radius 3 is 2.64 bits per heavy atom. The summed E-state index contributed by atoms with van der Waals surface area (Å²) in [6, 6.07) is 5.59. The number of nitrogens with zero attached hydrogens (tertiary/aromatic N) is 1. The SMILES string of the molecule is O=C(O)c1cc(S(=O)(=O)N2CC3(CCCC3)c3c(F)cccc32)c[nH]1. The zero-order valence-corrected chi connectivity index (χ0v) is 14.1. The van der Waals surface area contributed by atoms with Crippen LogP contribution < -0.4 is 4.31 Å². The molecule has 132 valence electrons. The summed E-state index contributed by atoms with van der Waals surface area (Å²) in [5.74, 6) is -1.61. The van der Waals surface area contributed by atoms with Gasteiger partial charge in [-0.25, -0.2) is 17.6 Å². The van der Waals surface area contributed by atoms with Crippen LogP contribution in [0.3, 0.4) is 0 Å². The summed E-state index contributed by atoms with van der Waals surface area (Å²) < 4.78 is 41.9. The van der Waals surface area contributed by atoms with Crippen molar-refractivity contribution in [2.24, 2.45) is 0 Å². The van der Waals surface area contributed by atoms with E-state index in [1.54, 1.807) is 6.07 Å². The first-order chi connectivity index (χ1) is 11.8. The number of rotatable bonds is 3. The van der Waals surface area contributed by atoms with E-state index in [9.17, 15) is 17.6 Å². The van der Waals surface area contributed by atoms with E-state index in [2.05, 4.69) is 4.98 Å². The number of benzene rings is 1. The number of nitrogens with one attached hydrogen (secondary N) is 1. The number of hydrogen-bond acceptors (Lipinski definition) is 3. The molecule has 1 aromatic heterocycles. The Morgan fingerprint density at radius 1 is 1.28 bits per heavy atom. The number of anilines is 1. The molecule has 2 aliphatic rings. The summed E-state index contributed by atoms with van der Waals surface area (Å²) in [6.07, 6.45) is 4.54. The fraction of sp³-hybridized carbons (Fsp3) is 0.353. The van der Waals surface area contributed by atoms with Crippen LogP contribution in [0.5, 0.6) is 0 Å². The van der Waals surface area contributed by atoms with E-state index in [1.807, 2.05) is 0 Å². The van der Waals surface area contributed by atoms with Gasteiger partial charge in [0.2, 0.25) is 0 Å². The van der Waals surface area contributed by atoms with Crippen LogP contribution in [0.25, 0.3) is 0 Å². The Balaban J connectivity index is 1.83. The van der Waals surface area contributed by atoms with Crippen molar-refractivity contribution in [1.29, 1.82) is 0 Å². The maximum Gasteiger partial charge on any atom is 0.352 e. The lowest BCUT2D eigenvalue weighted by atomic mass is 9.80. The minimum Gasteiger partial charge on any atom is -0.477 e. The Hall–Kier alpha value is -2.35. The molecule has 0 radical (unpaired) electrons. The number of sulfonamides is 1. The van der Waals surface area contributed by atoms with Crippen molar-refractivity contribution in [3.63, 3.8) is 0 Å². The van der Waals surface area contributed by atoms with Gasteiger partial charge in [-0.2, -0.15) is 0 Å². The zero-order chi connectivity index (χ0) is 17.8. The van der Waals surface area contributed by atoms with Gasteiger partial charge in [-0.15, -0.1) is 0 Å². The maximum absolute atomic E-state index is 14.6. The van der Waals surface area contributed by atoms with Gasteiger partial charge in [0, 0.05) is 23.7 Å². The number of aromatic nitrogens is 1. The lowest BCUT2D eigenvalue weighted by Crippen LogP contribution is -2.35. The summed E-state index contributed by atoms with van der Waals surface area (Å²) in [6.45, 7) is 0.194. The molecule has 0 saturated heterocycles. The third-order valence-corrected chi connectivity index (χ3v) is 7.01. The third kappa shape index (κ3) is 2.27. The molecule has 0 amide bonds. The van der Waals surface area contributed by atoms with Crippen LogP contribution in [0.15, 0.2) is 35.4 Å². The first-order valence-electron chi connectivity index (χ1n) is 8.09. The Bertz CT molecular complexity index is 961. The highest BCUT2D eigenvalue weighted by Gasteiger charge is 2.49. The third-order valence-electron chi connectivity index (χ3n) is 5.27. The highest BCUT2D eigenvalue weighted by atomic mass is 32.2. The molecular formula is C17H17FN2O4S. The van der Waals surface area contributed by atoms with E-state index in [0.29, 0.717) is 11.3 Å². The number of carboxylic acid groups (broad SMARTS) is 1. The molecule has 2 N–H and O–H groups in total. The highest BCUT2D eigenvalue weighted by Crippen LogP contribution is 2.52. The second-order valence-corrected chi connectivity index (χ2v) is 8.55. The molecule has 0 bridgehead atoms. The lowest BCUT2D eigenvalue weighted by Gasteiger charge is -2.25. The second-order valence-electron chi connectivity index (χ2n) is 6.69. The summed E-state index contributed by atoms with van der Waals surface area (Å²) in [5, 5.41) is 9.00. The van der Waals surface area contributed by atoms with Crippen LogP contribution in [0, 0.1) is 5.82 Å². The van der Waals surface area contributed by atoms with Crippen molar-refractivity contribution in [3.8, 4) is 0 Å². The number of aromatic amines is 1. The molecular weight excluding hydrogens is 347 g/mol. The molecule has 25 heavy (non-hydrogen) atoms. The lowest BCUT2D eigenvalue weighted by molar-refractivity contribution is 0.0691. The van der Waals surface area contributed by atoms with Crippen LogP contribution in [0.2, 0.25) is 0 Å². The fourth-order valence-corrected chi connectivity index (χ4v) is 5.69. The van der Waals surface area contributed by atoms with Crippen LogP contribution in [0.4, 0.5) is 10.1 Å². The Morgan fingerprint density at radius 2 is 2.00 bits per heavy atom. The van der Waals surface area contributed by atoms with Crippen molar-refractivity contribution >= 4 is 21.7 Å². The predicted molar refractivity (Wildman–Crippen MR) is 88.8 cm³/mol. The number of H-pyrrole nitrogens is 1. The minimum absolute atomic E-state index is 0.129. The maximum atomic E-state index is 14.6. The van der Waals surface area contributed by atoms with Gasteiger partial charge < -0.3 is 10.1 Å². The van der Waals surface area contributed by atoms with Crippen LogP contribution in [-0.4, -0.2) is 31.0 Å². The van der Waals surface area contributed by atoms with Gasteiger partial charge in [0.15, 0.2) is 0 Å². The van der Waals surface area contributed by atoms with E-state index in [1.165, 1.54) is 16.4 Å².